The minimum absolute atomic E-state index is 0.112. The van der Waals surface area contributed by atoms with Crippen LogP contribution in [0.2, 0.25) is 0 Å². The summed E-state index contributed by atoms with van der Waals surface area (Å²) in [7, 11) is 0. The first-order valence-electron chi connectivity index (χ1n) is 9.53. The van der Waals surface area contributed by atoms with E-state index in [1.807, 2.05) is 0 Å². The summed E-state index contributed by atoms with van der Waals surface area (Å²) in [5.41, 5.74) is 0.132. The molecular weight excluding hydrogens is 256 g/mol. The third kappa shape index (κ3) is 9.55. The number of hydrogen-bond donors (Lipinski definition) is 1. The molecule has 0 amide bonds. The second kappa shape index (κ2) is 11.5. The van der Waals surface area contributed by atoms with Crippen LogP contribution in [0.15, 0.2) is 0 Å². The van der Waals surface area contributed by atoms with Crippen LogP contribution in [0.5, 0.6) is 0 Å². The fraction of sp³-hybridized carbons (Fsp3) is 1.00. The van der Waals surface area contributed by atoms with Gasteiger partial charge in [0.2, 0.25) is 0 Å². The summed E-state index contributed by atoms with van der Waals surface area (Å²) in [6.45, 7) is 13.8. The highest BCUT2D eigenvalue weighted by Crippen LogP contribution is 2.35. The van der Waals surface area contributed by atoms with Gasteiger partial charge in [-0.2, -0.15) is 0 Å². The zero-order valence-corrected chi connectivity index (χ0v) is 15.8. The second-order valence-corrected chi connectivity index (χ2v) is 7.99. The van der Waals surface area contributed by atoms with Crippen molar-refractivity contribution in [1.82, 2.24) is 0 Å². The average Bonchev–Trinajstić information content (AvgIpc) is 2.43. The van der Waals surface area contributed by atoms with Crippen LogP contribution in [0.1, 0.15) is 106 Å². The maximum absolute atomic E-state index is 10.5. The van der Waals surface area contributed by atoms with E-state index in [9.17, 15) is 5.11 Å². The zero-order chi connectivity index (χ0) is 16.3. The van der Waals surface area contributed by atoms with Crippen molar-refractivity contribution >= 4 is 0 Å². The summed E-state index contributed by atoms with van der Waals surface area (Å²) in [6, 6.07) is 0. The van der Waals surface area contributed by atoms with Gasteiger partial charge in [0.15, 0.2) is 0 Å². The number of unbranched alkanes of at least 4 members (excludes halogenated alkanes) is 1. The second-order valence-electron chi connectivity index (χ2n) is 7.99. The molecule has 0 heterocycles. The molecule has 0 aromatic rings. The largest absolute Gasteiger partial charge is 0.393 e. The molecule has 3 atom stereocenters. The predicted octanol–water partition coefficient (Wildman–Crippen LogP) is 6.59. The molecule has 3 unspecified atom stereocenters. The van der Waals surface area contributed by atoms with E-state index >= 15 is 0 Å². The molecule has 0 aromatic heterocycles. The molecule has 1 heteroatoms. The molecule has 1 N–H and O–H groups in total. The molecule has 21 heavy (non-hydrogen) atoms. The van der Waals surface area contributed by atoms with Gasteiger partial charge >= 0.3 is 0 Å². The first-order valence-corrected chi connectivity index (χ1v) is 9.53. The van der Waals surface area contributed by atoms with Gasteiger partial charge < -0.3 is 5.11 Å². The topological polar surface area (TPSA) is 20.2 Å². The summed E-state index contributed by atoms with van der Waals surface area (Å²) in [5, 5.41) is 10.5. The fourth-order valence-corrected chi connectivity index (χ4v) is 3.20. The smallest absolute Gasteiger partial charge is 0.0593 e. The van der Waals surface area contributed by atoms with E-state index < -0.39 is 0 Å². The van der Waals surface area contributed by atoms with Gasteiger partial charge in [0, 0.05) is 0 Å². The quantitative estimate of drug-likeness (QED) is 0.407. The lowest BCUT2D eigenvalue weighted by atomic mass is 9.75. The van der Waals surface area contributed by atoms with Crippen LogP contribution in [0.25, 0.3) is 0 Å². The van der Waals surface area contributed by atoms with Crippen LogP contribution in [0.4, 0.5) is 0 Å². The first-order chi connectivity index (χ1) is 9.85. The third-order valence-electron chi connectivity index (χ3n) is 5.37. The highest BCUT2D eigenvalue weighted by molar-refractivity contribution is 4.81. The summed E-state index contributed by atoms with van der Waals surface area (Å²) >= 11 is 0. The molecule has 0 fully saturated rings. The molecule has 0 saturated heterocycles. The molecule has 0 spiro atoms. The van der Waals surface area contributed by atoms with Crippen molar-refractivity contribution < 1.29 is 5.11 Å². The van der Waals surface area contributed by atoms with Crippen LogP contribution in [-0.2, 0) is 0 Å². The molecule has 0 aliphatic rings. The van der Waals surface area contributed by atoms with Crippen LogP contribution >= 0.6 is 0 Å². The summed E-state index contributed by atoms with van der Waals surface area (Å²) in [6.07, 6.45) is 12.2. The summed E-state index contributed by atoms with van der Waals surface area (Å²) in [4.78, 5) is 0. The van der Waals surface area contributed by atoms with Crippen molar-refractivity contribution in [1.29, 1.82) is 0 Å². The van der Waals surface area contributed by atoms with Crippen molar-refractivity contribution in [3.05, 3.63) is 0 Å². The molecule has 0 radical (unpaired) electrons. The maximum atomic E-state index is 10.5. The van der Waals surface area contributed by atoms with E-state index in [0.29, 0.717) is 0 Å². The lowest BCUT2D eigenvalue weighted by molar-refractivity contribution is 0.0173. The highest BCUT2D eigenvalue weighted by Gasteiger charge is 2.30. The SMILES string of the molecule is CCCCC(O)C(C)(CC)CCCC(C)CCCC(C)C. The van der Waals surface area contributed by atoms with Crippen LogP contribution < -0.4 is 0 Å². The van der Waals surface area contributed by atoms with E-state index in [1.54, 1.807) is 0 Å². The Morgan fingerprint density at radius 1 is 0.857 bits per heavy atom. The van der Waals surface area contributed by atoms with Crippen LogP contribution in [-0.4, -0.2) is 11.2 Å². The van der Waals surface area contributed by atoms with Gasteiger partial charge in [-0.25, -0.2) is 0 Å². The number of aliphatic hydroxyl groups is 1. The van der Waals surface area contributed by atoms with Crippen molar-refractivity contribution in [3.8, 4) is 0 Å². The van der Waals surface area contributed by atoms with Gasteiger partial charge in [-0.15, -0.1) is 0 Å². The Morgan fingerprint density at radius 3 is 2.00 bits per heavy atom. The monoisotopic (exact) mass is 298 g/mol. The van der Waals surface area contributed by atoms with Crippen molar-refractivity contribution in [2.45, 2.75) is 112 Å². The molecule has 0 aliphatic carbocycles. The van der Waals surface area contributed by atoms with Crippen molar-refractivity contribution in [3.63, 3.8) is 0 Å². The van der Waals surface area contributed by atoms with E-state index in [4.69, 9.17) is 0 Å². The molecular formula is C20H42O. The minimum atomic E-state index is -0.112. The maximum Gasteiger partial charge on any atom is 0.0593 e. The summed E-state index contributed by atoms with van der Waals surface area (Å²) < 4.78 is 0. The molecule has 0 bridgehead atoms. The summed E-state index contributed by atoms with van der Waals surface area (Å²) in [5.74, 6) is 1.69. The highest BCUT2D eigenvalue weighted by atomic mass is 16.3. The lowest BCUT2D eigenvalue weighted by Gasteiger charge is -2.34. The molecule has 0 rings (SSSR count). The number of aliphatic hydroxyl groups excluding tert-OH is 1. The van der Waals surface area contributed by atoms with E-state index in [-0.39, 0.29) is 11.5 Å². The minimum Gasteiger partial charge on any atom is -0.393 e. The Kier molecular flexibility index (Phi) is 11.5. The van der Waals surface area contributed by atoms with Gasteiger partial charge in [0.1, 0.15) is 0 Å². The molecule has 0 aromatic carbocycles. The molecule has 1 nitrogen and oxygen atoms in total. The standard InChI is InChI=1S/C20H42O/c1-7-9-15-19(21)20(6,8-2)16-11-14-18(5)13-10-12-17(3)4/h17-19,21H,7-16H2,1-6H3. The number of hydrogen-bond acceptors (Lipinski definition) is 1. The Morgan fingerprint density at radius 2 is 1.48 bits per heavy atom. The normalized spacial score (nSPS) is 17.7. The van der Waals surface area contributed by atoms with Gasteiger partial charge in [-0.05, 0) is 36.5 Å². The molecule has 128 valence electrons. The number of rotatable bonds is 13. The van der Waals surface area contributed by atoms with Crippen LogP contribution in [0, 0.1) is 17.3 Å². The Bertz CT molecular complexity index is 236. The Balaban J connectivity index is 3.98. The van der Waals surface area contributed by atoms with E-state index in [2.05, 4.69) is 41.5 Å². The van der Waals surface area contributed by atoms with Gasteiger partial charge in [-0.1, -0.05) is 86.5 Å². The van der Waals surface area contributed by atoms with Gasteiger partial charge in [0.25, 0.3) is 0 Å². The fourth-order valence-electron chi connectivity index (χ4n) is 3.20. The third-order valence-corrected chi connectivity index (χ3v) is 5.37. The van der Waals surface area contributed by atoms with Gasteiger partial charge in [0.05, 0.1) is 6.10 Å². The Hall–Kier alpha value is -0.0400. The molecule has 0 aliphatic heterocycles. The average molecular weight is 299 g/mol. The molecule has 0 saturated carbocycles. The van der Waals surface area contributed by atoms with Gasteiger partial charge in [-0.3, -0.25) is 0 Å². The Labute approximate surface area is 134 Å². The van der Waals surface area contributed by atoms with Crippen molar-refractivity contribution in [2.24, 2.45) is 17.3 Å². The first kappa shape index (κ1) is 21.0. The lowest BCUT2D eigenvalue weighted by Crippen LogP contribution is -2.31. The van der Waals surface area contributed by atoms with E-state index in [0.717, 1.165) is 31.1 Å². The zero-order valence-electron chi connectivity index (χ0n) is 15.8. The predicted molar refractivity (Wildman–Crippen MR) is 95.6 cm³/mol. The van der Waals surface area contributed by atoms with Crippen molar-refractivity contribution in [2.75, 3.05) is 0 Å². The van der Waals surface area contributed by atoms with Crippen LogP contribution in [0.3, 0.4) is 0 Å². The van der Waals surface area contributed by atoms with E-state index in [1.165, 1.54) is 44.9 Å².